The van der Waals surface area contributed by atoms with Gasteiger partial charge in [0, 0.05) is 34.5 Å². The zero-order valence-corrected chi connectivity index (χ0v) is 56.2. The van der Waals surface area contributed by atoms with Crippen molar-refractivity contribution >= 4 is 111 Å². The summed E-state index contributed by atoms with van der Waals surface area (Å²) in [6.45, 7) is 5.05. The highest BCUT2D eigenvalue weighted by atomic mass is 32.2. The van der Waals surface area contributed by atoms with Crippen LogP contribution in [0.4, 0.5) is 22.7 Å². The van der Waals surface area contributed by atoms with Crippen LogP contribution in [-0.2, 0) is 92.6 Å². The number of esters is 5. The first-order chi connectivity index (χ1) is 46.9. The first kappa shape index (κ1) is 78.8. The number of carboxylic acid groups (broad SMARTS) is 3. The highest BCUT2D eigenvalue weighted by Gasteiger charge is 2.41. The number of carboxylic acids is 3. The Morgan fingerprint density at radius 2 is 1.00 bits per heavy atom. The molecular formula is C68H72N4O27S. The van der Waals surface area contributed by atoms with Crippen LogP contribution < -0.4 is 24.3 Å². The molecule has 1 heterocycles. The molecular weight excluding hydrogens is 1340 g/mol. The minimum atomic E-state index is -3.67. The van der Waals surface area contributed by atoms with Crippen LogP contribution in [0.1, 0.15) is 89.6 Å². The number of rotatable bonds is 27. The van der Waals surface area contributed by atoms with Crippen molar-refractivity contribution in [3.8, 4) is 23.0 Å². The topological polar surface area (TPSA) is 449 Å². The van der Waals surface area contributed by atoms with Gasteiger partial charge in [0.2, 0.25) is 0 Å². The first-order valence-corrected chi connectivity index (χ1v) is 31.5. The summed E-state index contributed by atoms with van der Waals surface area (Å²) in [4.78, 5) is 148. The lowest BCUT2D eigenvalue weighted by molar-refractivity contribution is -0.141. The molecule has 0 spiro atoms. The highest BCUT2D eigenvalue weighted by Crippen LogP contribution is 2.53. The standard InChI is InChI=1S/C31H28N2O12.C21H24N2O10.C15H16O2.CH4O3S/c1-31(2)22-7-17(36)3-5-19(22)30(20-6-4-18(37)8-23(20)31)21-9-24(32(11-27(38)39)12-28(40)41)25(10-26(21)45-16-35)33(13-29(42)43)14-44-15-34;1-5-12(24)8-22(9-17(25)30-2)15-6-13-14(21(29)33-20(13)28)7-16(15)23(10-18(26)31-3)11-19(27)32-4;1-15(2,11-5-3-7-13(16)9-11)12-6-4-8-14(17)10-12;1-5(2,3)4/h3-10,15-16,36H,11-14H2,1-2H3,(H,38,39)(H,40,41)(H,42,43);6-7H,5,8-11H2,1-4H3;3-10,16-17H,1-2H3;1H3,(H,2,3,4). The van der Waals surface area contributed by atoms with Crippen LogP contribution in [-0.4, -0.2) is 196 Å². The van der Waals surface area contributed by atoms with Gasteiger partial charge in [0.15, 0.2) is 18.3 Å². The second-order valence-corrected chi connectivity index (χ2v) is 24.4. The molecule has 31 nitrogen and oxygen atoms in total. The molecule has 5 aromatic carbocycles. The van der Waals surface area contributed by atoms with Crippen LogP contribution >= 0.6 is 0 Å². The van der Waals surface area contributed by atoms with Gasteiger partial charge in [0.1, 0.15) is 62.3 Å². The van der Waals surface area contributed by atoms with Gasteiger partial charge in [-0.25, -0.2) is 9.59 Å². The Bertz CT molecular complexity index is 4060. The Balaban J connectivity index is 0.000000284. The molecule has 0 saturated carbocycles. The number of ketones is 2. The third kappa shape index (κ3) is 20.8. The molecule has 3 aliphatic rings. The number of methoxy groups -OCH3 is 3. The van der Waals surface area contributed by atoms with Crippen molar-refractivity contribution in [2.75, 3.05) is 99.7 Å². The van der Waals surface area contributed by atoms with Gasteiger partial charge in [-0.15, -0.1) is 0 Å². The van der Waals surface area contributed by atoms with Crippen molar-refractivity contribution in [2.45, 2.75) is 51.9 Å². The second-order valence-electron chi connectivity index (χ2n) is 23.0. The Labute approximate surface area is 572 Å². The van der Waals surface area contributed by atoms with Gasteiger partial charge >= 0.3 is 47.8 Å². The van der Waals surface area contributed by atoms with Gasteiger partial charge in [0.25, 0.3) is 23.1 Å². The van der Waals surface area contributed by atoms with E-state index in [0.717, 1.165) is 35.1 Å². The number of nitrogens with zero attached hydrogens (tertiary/aromatic N) is 4. The summed E-state index contributed by atoms with van der Waals surface area (Å²) in [5.74, 6) is -8.35. The molecule has 2 aliphatic carbocycles. The Morgan fingerprint density at radius 3 is 1.43 bits per heavy atom. The number of ether oxygens (including phenoxy) is 6. The van der Waals surface area contributed by atoms with Crippen molar-refractivity contribution in [2.24, 2.45) is 0 Å². The van der Waals surface area contributed by atoms with Crippen molar-refractivity contribution in [3.05, 3.63) is 159 Å². The number of cyclic esters (lactones) is 2. The van der Waals surface area contributed by atoms with Crippen molar-refractivity contribution < 1.29 is 130 Å². The van der Waals surface area contributed by atoms with E-state index in [0.29, 0.717) is 34.1 Å². The molecule has 0 aromatic heterocycles. The zero-order chi connectivity index (χ0) is 74.7. The highest BCUT2D eigenvalue weighted by molar-refractivity contribution is 7.85. The number of aromatic hydroxyl groups is 3. The van der Waals surface area contributed by atoms with Crippen LogP contribution in [0.2, 0.25) is 0 Å². The van der Waals surface area contributed by atoms with E-state index in [2.05, 4.69) is 18.6 Å². The smallest absolute Gasteiger partial charge is 0.346 e. The number of Topliss-reactive ketones (excluding diaryl/α,β-unsaturated/α-hetero) is 1. The van der Waals surface area contributed by atoms with Gasteiger partial charge in [0.05, 0.1) is 68.0 Å². The van der Waals surface area contributed by atoms with E-state index in [1.165, 1.54) is 65.5 Å². The number of carbonyl (C=O) groups excluding carboxylic acids is 9. The van der Waals surface area contributed by atoms with Gasteiger partial charge in [-0.2, -0.15) is 8.42 Å². The number of phenolic OH excluding ortho intramolecular Hbond substituents is 3. The van der Waals surface area contributed by atoms with E-state index >= 15 is 0 Å². The first-order valence-electron chi connectivity index (χ1n) is 29.6. The van der Waals surface area contributed by atoms with Gasteiger partial charge in [-0.1, -0.05) is 71.0 Å². The third-order valence-electron chi connectivity index (χ3n) is 15.3. The quantitative estimate of drug-likeness (QED) is 0.00895. The number of carbonyl (C=O) groups is 12. The molecule has 0 fully saturated rings. The molecule has 32 heteroatoms. The fourth-order valence-corrected chi connectivity index (χ4v) is 10.6. The number of aliphatic carboxylic acids is 3. The summed E-state index contributed by atoms with van der Waals surface area (Å²) >= 11 is 0. The number of benzene rings is 5. The SMILES string of the molecule is CC(C)(c1cccc(O)c1)c1cccc(O)c1.CC1(C)C2=CC(=O)C=CC2=C(c2cc(N(CC(=O)O)CC(=O)O)c(N(COC=O)CC(=O)O)cc2OC=O)c2ccc(O)cc21.CCC(=O)CN(CC(=O)OC)c1cc2c(cc1N(CC(=O)OC)CC(=O)OC)C(=O)OC2=O.CS(=O)(=O)O. The fraction of sp³-hybridized carbons (Fsp3) is 0.294. The Hall–Kier alpha value is -11.9. The lowest BCUT2D eigenvalue weighted by Gasteiger charge is -2.39. The van der Waals surface area contributed by atoms with E-state index in [-0.39, 0.29) is 112 Å². The second kappa shape index (κ2) is 34.3. The van der Waals surface area contributed by atoms with E-state index in [4.69, 9.17) is 28.2 Å². The van der Waals surface area contributed by atoms with E-state index in [1.807, 2.05) is 38.1 Å². The van der Waals surface area contributed by atoms with E-state index < -0.39 is 103 Å². The molecule has 0 amide bonds. The number of hydrogen-bond donors (Lipinski definition) is 7. The number of anilines is 4. The van der Waals surface area contributed by atoms with Crippen LogP contribution in [0.5, 0.6) is 23.0 Å². The van der Waals surface area contributed by atoms with E-state index in [1.54, 1.807) is 43.3 Å². The average Bonchev–Trinajstić information content (AvgIpc) is 0.832. The third-order valence-corrected chi connectivity index (χ3v) is 15.3. The number of phenols is 3. The average molecular weight is 1410 g/mol. The minimum Gasteiger partial charge on any atom is -0.508 e. The van der Waals surface area contributed by atoms with Crippen LogP contribution in [0.15, 0.2) is 120 Å². The molecule has 0 atom stereocenters. The minimum absolute atomic E-state index is 0.0584. The molecule has 5 aromatic rings. The van der Waals surface area contributed by atoms with E-state index in [9.17, 15) is 96.6 Å². The molecule has 0 radical (unpaired) electrons. The lowest BCUT2D eigenvalue weighted by Crippen LogP contribution is -2.39. The molecule has 0 saturated heterocycles. The van der Waals surface area contributed by atoms with Crippen LogP contribution in [0.3, 0.4) is 0 Å². The summed E-state index contributed by atoms with van der Waals surface area (Å²) in [6.07, 6.45) is 5.22. The maximum absolute atomic E-state index is 12.5. The van der Waals surface area contributed by atoms with Gasteiger partial charge < -0.3 is 78.7 Å². The van der Waals surface area contributed by atoms with Crippen molar-refractivity contribution in [3.63, 3.8) is 0 Å². The molecule has 0 bridgehead atoms. The predicted molar refractivity (Wildman–Crippen MR) is 355 cm³/mol. The van der Waals surface area contributed by atoms with Crippen LogP contribution in [0, 0.1) is 0 Å². The molecule has 0 unspecified atom stereocenters. The zero-order valence-electron chi connectivity index (χ0n) is 55.4. The Morgan fingerprint density at radius 1 is 0.570 bits per heavy atom. The monoisotopic (exact) mass is 1410 g/mol. The maximum Gasteiger partial charge on any atom is 0.346 e. The lowest BCUT2D eigenvalue weighted by atomic mass is 9.64. The van der Waals surface area contributed by atoms with Crippen molar-refractivity contribution in [1.82, 2.24) is 0 Å². The fourth-order valence-electron chi connectivity index (χ4n) is 10.6. The van der Waals surface area contributed by atoms with Crippen LogP contribution in [0.25, 0.3) is 5.57 Å². The largest absolute Gasteiger partial charge is 0.508 e. The molecule has 8 rings (SSSR count). The summed E-state index contributed by atoms with van der Waals surface area (Å²) < 4.78 is 54.8. The number of hydrogen-bond acceptors (Lipinski definition) is 27. The normalized spacial score (nSPS) is 12.9. The predicted octanol–water partition coefficient (Wildman–Crippen LogP) is 5.12. The molecule has 7 N–H and O–H groups in total. The van der Waals surface area contributed by atoms with Gasteiger partial charge in [-0.3, -0.25) is 52.5 Å². The summed E-state index contributed by atoms with van der Waals surface area (Å²) in [5.41, 5.74) is 3.56. The van der Waals surface area contributed by atoms with Gasteiger partial charge in [-0.05, 0) is 100 Å². The van der Waals surface area contributed by atoms with Crippen molar-refractivity contribution in [1.29, 1.82) is 0 Å². The maximum atomic E-state index is 12.5. The molecule has 100 heavy (non-hydrogen) atoms. The number of allylic oxidation sites excluding steroid dienone is 5. The summed E-state index contributed by atoms with van der Waals surface area (Å²) in [5, 5.41) is 58.4. The summed E-state index contributed by atoms with van der Waals surface area (Å²) in [7, 11) is -0.188. The molecule has 532 valence electrons. The summed E-state index contributed by atoms with van der Waals surface area (Å²) in [6, 6.07) is 24.1. The molecule has 1 aliphatic heterocycles. The number of fused-ring (bicyclic) bond motifs is 3. The Kier molecular flexibility index (Phi) is 27.0.